The minimum Gasteiger partial charge on any atom is -0.325 e. The molecule has 0 aliphatic carbocycles. The molecule has 5 heteroatoms. The zero-order chi connectivity index (χ0) is 14.0. The van der Waals surface area contributed by atoms with E-state index in [2.05, 4.69) is 10.3 Å². The number of benzene rings is 1. The van der Waals surface area contributed by atoms with Crippen molar-refractivity contribution in [1.29, 1.82) is 0 Å². The van der Waals surface area contributed by atoms with Crippen molar-refractivity contribution in [1.82, 2.24) is 4.98 Å². The van der Waals surface area contributed by atoms with Gasteiger partial charge in [0.15, 0.2) is 0 Å². The van der Waals surface area contributed by atoms with Gasteiger partial charge in [0, 0.05) is 12.2 Å². The highest BCUT2D eigenvalue weighted by Gasteiger charge is 2.16. The van der Waals surface area contributed by atoms with Crippen LogP contribution in [-0.4, -0.2) is 10.9 Å². The highest BCUT2D eigenvalue weighted by atomic mass is 32.1. The molecule has 0 fully saturated rings. The summed E-state index contributed by atoms with van der Waals surface area (Å²) in [5, 5.41) is 3.75. The molecule has 0 saturated heterocycles. The average Bonchev–Trinajstić information content (AvgIpc) is 2.75. The standard InChI is InChI=1S/C14H17N3OS/c1-8-5-4-6-9(2)12(8)17-14(18)13-10(3)16-11(7-15)19-13/h4-6H,7,15H2,1-3H3,(H,17,18). The minimum absolute atomic E-state index is 0.118. The number of nitrogens with one attached hydrogen (secondary N) is 1. The fraction of sp³-hybridized carbons (Fsp3) is 0.286. The SMILES string of the molecule is Cc1cccc(C)c1NC(=O)c1sc(CN)nc1C. The number of carbonyl (C=O) groups is 1. The predicted octanol–water partition coefficient (Wildman–Crippen LogP) is 2.78. The van der Waals surface area contributed by atoms with E-state index in [9.17, 15) is 4.79 Å². The Kier molecular flexibility index (Phi) is 3.97. The van der Waals surface area contributed by atoms with Crippen molar-refractivity contribution < 1.29 is 4.79 Å². The van der Waals surface area contributed by atoms with Crippen LogP contribution in [0.1, 0.15) is 31.5 Å². The number of nitrogens with zero attached hydrogens (tertiary/aromatic N) is 1. The van der Waals surface area contributed by atoms with E-state index < -0.39 is 0 Å². The van der Waals surface area contributed by atoms with Gasteiger partial charge in [-0.2, -0.15) is 0 Å². The molecule has 3 N–H and O–H groups in total. The van der Waals surface area contributed by atoms with E-state index in [1.54, 1.807) is 0 Å². The molecule has 1 amide bonds. The number of aryl methyl sites for hydroxylation is 3. The molecule has 100 valence electrons. The smallest absolute Gasteiger partial charge is 0.267 e. The molecular formula is C14H17N3OS. The Morgan fingerprint density at radius 3 is 2.47 bits per heavy atom. The summed E-state index contributed by atoms with van der Waals surface area (Å²) in [5.41, 5.74) is 9.25. The summed E-state index contributed by atoms with van der Waals surface area (Å²) < 4.78 is 0. The van der Waals surface area contributed by atoms with E-state index in [-0.39, 0.29) is 5.91 Å². The second-order valence-corrected chi connectivity index (χ2v) is 5.53. The maximum Gasteiger partial charge on any atom is 0.267 e. The van der Waals surface area contributed by atoms with Crippen LogP contribution >= 0.6 is 11.3 Å². The van der Waals surface area contributed by atoms with E-state index in [1.165, 1.54) is 11.3 Å². The maximum absolute atomic E-state index is 12.3. The molecule has 0 aliphatic rings. The van der Waals surface area contributed by atoms with Crippen molar-refractivity contribution in [2.75, 3.05) is 5.32 Å². The Morgan fingerprint density at radius 2 is 1.95 bits per heavy atom. The molecule has 0 unspecified atom stereocenters. The van der Waals surface area contributed by atoms with Crippen LogP contribution in [0.15, 0.2) is 18.2 Å². The van der Waals surface area contributed by atoms with Crippen LogP contribution in [0.2, 0.25) is 0 Å². The molecule has 0 bridgehead atoms. The molecule has 0 atom stereocenters. The van der Waals surface area contributed by atoms with Gasteiger partial charge >= 0.3 is 0 Å². The Balaban J connectivity index is 2.28. The first-order valence-electron chi connectivity index (χ1n) is 6.07. The number of anilines is 1. The van der Waals surface area contributed by atoms with Gasteiger partial charge in [0.25, 0.3) is 5.91 Å². The van der Waals surface area contributed by atoms with Gasteiger partial charge in [-0.1, -0.05) is 18.2 Å². The molecule has 4 nitrogen and oxygen atoms in total. The third-order valence-electron chi connectivity index (χ3n) is 2.94. The quantitative estimate of drug-likeness (QED) is 0.905. The van der Waals surface area contributed by atoms with E-state index in [1.807, 2.05) is 39.0 Å². The number of amides is 1. The lowest BCUT2D eigenvalue weighted by atomic mass is 10.1. The van der Waals surface area contributed by atoms with E-state index in [0.29, 0.717) is 11.4 Å². The Bertz CT molecular complexity index is 599. The number of thiazole rings is 1. The first-order chi connectivity index (χ1) is 9.02. The van der Waals surface area contributed by atoms with Gasteiger partial charge in [-0.3, -0.25) is 4.79 Å². The van der Waals surface area contributed by atoms with Crippen molar-refractivity contribution in [2.24, 2.45) is 5.73 Å². The first-order valence-corrected chi connectivity index (χ1v) is 6.88. The Labute approximate surface area is 116 Å². The summed E-state index contributed by atoms with van der Waals surface area (Å²) in [5.74, 6) is -0.118. The maximum atomic E-state index is 12.3. The van der Waals surface area contributed by atoms with Gasteiger partial charge in [0.2, 0.25) is 0 Å². The highest BCUT2D eigenvalue weighted by molar-refractivity contribution is 7.13. The topological polar surface area (TPSA) is 68.0 Å². The third-order valence-corrected chi connectivity index (χ3v) is 4.12. The summed E-state index contributed by atoms with van der Waals surface area (Å²) in [6.45, 7) is 6.15. The molecule has 1 aromatic carbocycles. The number of carbonyl (C=O) groups excluding carboxylic acids is 1. The first kappa shape index (κ1) is 13.7. The third kappa shape index (κ3) is 2.83. The summed E-state index contributed by atoms with van der Waals surface area (Å²) in [6.07, 6.45) is 0. The predicted molar refractivity (Wildman–Crippen MR) is 78.6 cm³/mol. The summed E-state index contributed by atoms with van der Waals surface area (Å²) in [6, 6.07) is 5.94. The molecule has 1 aromatic heterocycles. The zero-order valence-electron chi connectivity index (χ0n) is 11.3. The van der Waals surface area contributed by atoms with Crippen LogP contribution in [0, 0.1) is 20.8 Å². The molecule has 0 aliphatic heterocycles. The number of para-hydroxylation sites is 1. The van der Waals surface area contributed by atoms with E-state index in [4.69, 9.17) is 5.73 Å². The fourth-order valence-electron chi connectivity index (χ4n) is 1.93. The molecule has 19 heavy (non-hydrogen) atoms. The summed E-state index contributed by atoms with van der Waals surface area (Å²) >= 11 is 1.35. The molecule has 0 spiro atoms. The van der Waals surface area contributed by atoms with Gasteiger partial charge in [-0.05, 0) is 31.9 Å². The van der Waals surface area contributed by atoms with Crippen molar-refractivity contribution in [3.63, 3.8) is 0 Å². The van der Waals surface area contributed by atoms with Crippen LogP contribution in [0.25, 0.3) is 0 Å². The Morgan fingerprint density at radius 1 is 1.32 bits per heavy atom. The molecule has 2 rings (SSSR count). The number of hydrogen-bond acceptors (Lipinski definition) is 4. The fourth-order valence-corrected chi connectivity index (χ4v) is 2.77. The number of nitrogens with two attached hydrogens (primary N) is 1. The van der Waals surface area contributed by atoms with Gasteiger partial charge in [-0.15, -0.1) is 11.3 Å². The second-order valence-electron chi connectivity index (χ2n) is 4.45. The number of hydrogen-bond donors (Lipinski definition) is 2. The molecule has 2 aromatic rings. The van der Waals surface area contributed by atoms with Crippen LogP contribution in [0.5, 0.6) is 0 Å². The normalized spacial score (nSPS) is 10.5. The van der Waals surface area contributed by atoms with Gasteiger partial charge in [-0.25, -0.2) is 4.98 Å². The lowest BCUT2D eigenvalue weighted by molar-refractivity contribution is 0.102. The van der Waals surface area contributed by atoms with Crippen LogP contribution in [0.4, 0.5) is 5.69 Å². The number of rotatable bonds is 3. The average molecular weight is 275 g/mol. The summed E-state index contributed by atoms with van der Waals surface area (Å²) in [7, 11) is 0. The lowest BCUT2D eigenvalue weighted by Crippen LogP contribution is -2.13. The van der Waals surface area contributed by atoms with Gasteiger partial charge in [0.05, 0.1) is 5.69 Å². The van der Waals surface area contributed by atoms with Crippen LogP contribution < -0.4 is 11.1 Å². The lowest BCUT2D eigenvalue weighted by Gasteiger charge is -2.10. The van der Waals surface area contributed by atoms with Crippen molar-refractivity contribution >= 4 is 22.9 Å². The van der Waals surface area contributed by atoms with Crippen molar-refractivity contribution in [3.05, 3.63) is 44.9 Å². The van der Waals surface area contributed by atoms with E-state index in [0.717, 1.165) is 27.5 Å². The minimum atomic E-state index is -0.118. The molecule has 0 saturated carbocycles. The number of aromatic nitrogens is 1. The molecular weight excluding hydrogens is 258 g/mol. The van der Waals surface area contributed by atoms with Crippen LogP contribution in [-0.2, 0) is 6.54 Å². The van der Waals surface area contributed by atoms with Gasteiger partial charge < -0.3 is 11.1 Å². The van der Waals surface area contributed by atoms with Crippen molar-refractivity contribution in [3.8, 4) is 0 Å². The zero-order valence-corrected chi connectivity index (χ0v) is 12.1. The molecule has 1 heterocycles. The van der Waals surface area contributed by atoms with E-state index >= 15 is 0 Å². The van der Waals surface area contributed by atoms with Gasteiger partial charge in [0.1, 0.15) is 9.88 Å². The highest BCUT2D eigenvalue weighted by Crippen LogP contribution is 2.23. The largest absolute Gasteiger partial charge is 0.325 e. The van der Waals surface area contributed by atoms with Crippen molar-refractivity contribution in [2.45, 2.75) is 27.3 Å². The second kappa shape index (κ2) is 5.50. The van der Waals surface area contributed by atoms with Crippen LogP contribution in [0.3, 0.4) is 0 Å². The monoisotopic (exact) mass is 275 g/mol. The molecule has 0 radical (unpaired) electrons. The Hall–Kier alpha value is -1.72. The summed E-state index contributed by atoms with van der Waals surface area (Å²) in [4.78, 5) is 17.2.